The minimum absolute atomic E-state index is 0.323. The third kappa shape index (κ3) is 3.08. The molecule has 3 rings (SSSR count). The highest BCUT2D eigenvalue weighted by Gasteiger charge is 2.25. The first-order valence-corrected chi connectivity index (χ1v) is 7.50. The maximum absolute atomic E-state index is 5.77. The summed E-state index contributed by atoms with van der Waals surface area (Å²) in [5.74, 6) is 2.12. The number of aromatic nitrogens is 4. The summed E-state index contributed by atoms with van der Waals surface area (Å²) in [5, 5.41) is 8.18. The molecule has 0 aliphatic carbocycles. The van der Waals surface area contributed by atoms with Crippen molar-refractivity contribution in [1.82, 2.24) is 20.2 Å². The molecule has 0 aromatic carbocycles. The van der Waals surface area contributed by atoms with Gasteiger partial charge < -0.3 is 15.5 Å². The van der Waals surface area contributed by atoms with E-state index in [4.69, 9.17) is 5.73 Å². The molecule has 7 heteroatoms. The summed E-state index contributed by atoms with van der Waals surface area (Å²) in [5.41, 5.74) is 6.65. The van der Waals surface area contributed by atoms with Crippen LogP contribution in [0.4, 0.5) is 17.6 Å². The Balaban J connectivity index is 1.76. The number of aryl methyl sites for hydroxylation is 1. The average molecular weight is 299 g/mol. The van der Waals surface area contributed by atoms with Gasteiger partial charge in [0.2, 0.25) is 5.95 Å². The minimum Gasteiger partial charge on any atom is -0.368 e. The molecule has 1 atom stereocenters. The van der Waals surface area contributed by atoms with Crippen LogP contribution in [0.3, 0.4) is 0 Å². The predicted octanol–water partition coefficient (Wildman–Crippen LogP) is 1.26. The fraction of sp³-hybridized carbons (Fsp3) is 0.467. The molecular weight excluding hydrogens is 278 g/mol. The van der Waals surface area contributed by atoms with E-state index in [9.17, 15) is 0 Å². The zero-order chi connectivity index (χ0) is 15.5. The molecule has 2 N–H and O–H groups in total. The summed E-state index contributed by atoms with van der Waals surface area (Å²) in [6, 6.07) is 6.26. The smallest absolute Gasteiger partial charge is 0.222 e. The van der Waals surface area contributed by atoms with Gasteiger partial charge >= 0.3 is 0 Å². The van der Waals surface area contributed by atoms with Gasteiger partial charge in [0.05, 0.1) is 0 Å². The molecule has 2 aromatic heterocycles. The summed E-state index contributed by atoms with van der Waals surface area (Å²) < 4.78 is 0. The lowest BCUT2D eigenvalue weighted by Crippen LogP contribution is -2.47. The zero-order valence-electron chi connectivity index (χ0n) is 13.0. The van der Waals surface area contributed by atoms with Crippen molar-refractivity contribution >= 4 is 17.6 Å². The Bertz CT molecular complexity index is 611. The van der Waals surface area contributed by atoms with Gasteiger partial charge in [-0.3, -0.25) is 0 Å². The Morgan fingerprint density at radius 2 is 2.23 bits per heavy atom. The Kier molecular flexibility index (Phi) is 4.04. The van der Waals surface area contributed by atoms with Gasteiger partial charge in [-0.15, -0.1) is 5.10 Å². The summed E-state index contributed by atoms with van der Waals surface area (Å²) in [6.45, 7) is 3.84. The highest BCUT2D eigenvalue weighted by Crippen LogP contribution is 2.23. The standard InChI is InChI=1S/C15H21N7/c1-11-9-14(19-15(16)18-11)21(2)12-5-4-8-22(10-12)13-6-3-7-17-20-13/h3,6-7,9,12H,4-5,8,10H2,1-2H3,(H2,16,18,19). The minimum atomic E-state index is 0.323. The van der Waals surface area contributed by atoms with E-state index >= 15 is 0 Å². The van der Waals surface area contributed by atoms with Crippen molar-refractivity contribution in [2.75, 3.05) is 35.7 Å². The molecule has 1 fully saturated rings. The Hall–Kier alpha value is -2.44. The molecule has 2 aromatic rings. The van der Waals surface area contributed by atoms with E-state index in [0.717, 1.165) is 43.3 Å². The molecule has 1 saturated heterocycles. The number of anilines is 3. The summed E-state index contributed by atoms with van der Waals surface area (Å²) in [4.78, 5) is 12.9. The number of hydrogen-bond acceptors (Lipinski definition) is 7. The fourth-order valence-electron chi connectivity index (χ4n) is 2.88. The van der Waals surface area contributed by atoms with Crippen LogP contribution in [0.1, 0.15) is 18.5 Å². The van der Waals surface area contributed by atoms with Gasteiger partial charge in [0.15, 0.2) is 5.82 Å². The molecule has 116 valence electrons. The third-order valence-corrected chi connectivity index (χ3v) is 4.05. The van der Waals surface area contributed by atoms with E-state index in [1.807, 2.05) is 25.1 Å². The van der Waals surface area contributed by atoms with Gasteiger partial charge in [0.25, 0.3) is 0 Å². The number of nitrogen functional groups attached to an aromatic ring is 1. The molecule has 0 bridgehead atoms. The van der Waals surface area contributed by atoms with E-state index in [2.05, 4.69) is 37.0 Å². The van der Waals surface area contributed by atoms with Crippen LogP contribution in [0.15, 0.2) is 24.4 Å². The molecule has 3 heterocycles. The van der Waals surface area contributed by atoms with Crippen molar-refractivity contribution in [1.29, 1.82) is 0 Å². The lowest BCUT2D eigenvalue weighted by Gasteiger charge is -2.38. The van der Waals surface area contributed by atoms with Gasteiger partial charge in [0, 0.05) is 44.1 Å². The van der Waals surface area contributed by atoms with Crippen molar-refractivity contribution in [3.05, 3.63) is 30.1 Å². The van der Waals surface area contributed by atoms with Gasteiger partial charge in [-0.1, -0.05) is 0 Å². The monoisotopic (exact) mass is 299 g/mol. The summed E-state index contributed by atoms with van der Waals surface area (Å²) in [7, 11) is 2.06. The Labute approximate surface area is 130 Å². The molecule has 0 radical (unpaired) electrons. The zero-order valence-corrected chi connectivity index (χ0v) is 13.0. The highest BCUT2D eigenvalue weighted by molar-refractivity contribution is 5.45. The molecule has 0 spiro atoms. The van der Waals surface area contributed by atoms with E-state index in [0.29, 0.717) is 12.0 Å². The molecule has 7 nitrogen and oxygen atoms in total. The van der Waals surface area contributed by atoms with E-state index in [-0.39, 0.29) is 0 Å². The number of nitrogens with zero attached hydrogens (tertiary/aromatic N) is 6. The van der Waals surface area contributed by atoms with Crippen molar-refractivity contribution in [3.8, 4) is 0 Å². The number of piperidine rings is 1. The van der Waals surface area contributed by atoms with E-state index < -0.39 is 0 Å². The van der Waals surface area contributed by atoms with Crippen molar-refractivity contribution in [3.63, 3.8) is 0 Å². The average Bonchev–Trinajstić information content (AvgIpc) is 2.54. The van der Waals surface area contributed by atoms with Crippen LogP contribution < -0.4 is 15.5 Å². The van der Waals surface area contributed by atoms with Crippen molar-refractivity contribution in [2.24, 2.45) is 0 Å². The number of hydrogen-bond donors (Lipinski definition) is 1. The van der Waals surface area contributed by atoms with Gasteiger partial charge in [0.1, 0.15) is 5.82 Å². The van der Waals surface area contributed by atoms with Crippen LogP contribution >= 0.6 is 0 Å². The summed E-state index contributed by atoms with van der Waals surface area (Å²) in [6.07, 6.45) is 3.94. The van der Waals surface area contributed by atoms with Gasteiger partial charge in [-0.05, 0) is 31.9 Å². The lowest BCUT2D eigenvalue weighted by atomic mass is 10.0. The lowest BCUT2D eigenvalue weighted by molar-refractivity contribution is 0.482. The second-order valence-corrected chi connectivity index (χ2v) is 5.66. The molecular formula is C15H21N7. The maximum Gasteiger partial charge on any atom is 0.222 e. The first-order valence-electron chi connectivity index (χ1n) is 7.50. The van der Waals surface area contributed by atoms with E-state index in [1.54, 1.807) is 6.20 Å². The second-order valence-electron chi connectivity index (χ2n) is 5.66. The first-order chi connectivity index (χ1) is 10.6. The van der Waals surface area contributed by atoms with E-state index in [1.165, 1.54) is 0 Å². The van der Waals surface area contributed by atoms with Crippen molar-refractivity contribution in [2.45, 2.75) is 25.8 Å². The molecule has 0 amide bonds. The first kappa shape index (κ1) is 14.5. The molecule has 22 heavy (non-hydrogen) atoms. The van der Waals surface area contributed by atoms with Crippen LogP contribution in [-0.2, 0) is 0 Å². The van der Waals surface area contributed by atoms with Crippen LogP contribution in [0.25, 0.3) is 0 Å². The number of nitrogens with two attached hydrogens (primary N) is 1. The fourth-order valence-corrected chi connectivity index (χ4v) is 2.88. The van der Waals surface area contributed by atoms with Gasteiger partial charge in [-0.2, -0.15) is 10.1 Å². The van der Waals surface area contributed by atoms with Crippen molar-refractivity contribution < 1.29 is 0 Å². The Morgan fingerprint density at radius 3 is 2.95 bits per heavy atom. The molecule has 1 aliphatic rings. The SMILES string of the molecule is Cc1cc(N(C)C2CCCN(c3cccnn3)C2)nc(N)n1. The predicted molar refractivity (Wildman–Crippen MR) is 86.9 cm³/mol. The molecule has 0 saturated carbocycles. The van der Waals surface area contributed by atoms with Crippen LogP contribution in [0, 0.1) is 6.92 Å². The second kappa shape index (κ2) is 6.13. The normalized spacial score (nSPS) is 18.3. The highest BCUT2D eigenvalue weighted by atomic mass is 15.3. The third-order valence-electron chi connectivity index (χ3n) is 4.05. The number of rotatable bonds is 3. The van der Waals surface area contributed by atoms with Gasteiger partial charge in [-0.25, -0.2) is 4.98 Å². The van der Waals surface area contributed by atoms with Crippen LogP contribution in [0.5, 0.6) is 0 Å². The van der Waals surface area contributed by atoms with Crippen LogP contribution in [0.2, 0.25) is 0 Å². The maximum atomic E-state index is 5.77. The van der Waals surface area contributed by atoms with Crippen LogP contribution in [-0.4, -0.2) is 46.3 Å². The molecule has 1 aliphatic heterocycles. The largest absolute Gasteiger partial charge is 0.368 e. The number of likely N-dealkylation sites (N-methyl/N-ethyl adjacent to an activating group) is 1. The quantitative estimate of drug-likeness (QED) is 0.913. The topological polar surface area (TPSA) is 84.1 Å². The Morgan fingerprint density at radius 1 is 1.36 bits per heavy atom. The molecule has 1 unspecified atom stereocenters. The summed E-state index contributed by atoms with van der Waals surface area (Å²) >= 11 is 0.